The number of methoxy groups -OCH3 is 1. The Morgan fingerprint density at radius 3 is 2.30 bits per heavy atom. The van der Waals surface area contributed by atoms with Crippen molar-refractivity contribution in [1.29, 1.82) is 0 Å². The first kappa shape index (κ1) is 18.9. The third-order valence-electron chi connectivity index (χ3n) is 3.89. The van der Waals surface area contributed by atoms with Gasteiger partial charge in [0.25, 0.3) is 11.7 Å². The van der Waals surface area contributed by atoms with Gasteiger partial charge in [-0.3, -0.25) is 4.79 Å². The normalized spacial score (nSPS) is 10.7. The maximum absolute atomic E-state index is 12.5. The van der Waals surface area contributed by atoms with Crippen molar-refractivity contribution in [3.8, 4) is 16.9 Å². The number of carbonyl (C=O) groups excluding carboxylic acids is 1. The maximum Gasteiger partial charge on any atom is 0.288 e. The third-order valence-corrected chi connectivity index (χ3v) is 4.61. The van der Waals surface area contributed by atoms with Gasteiger partial charge in [-0.25, -0.2) is 0 Å². The van der Waals surface area contributed by atoms with E-state index in [0.717, 1.165) is 16.9 Å². The third kappa shape index (κ3) is 5.08. The van der Waals surface area contributed by atoms with Gasteiger partial charge in [-0.05, 0) is 59.7 Å². The Morgan fingerprint density at radius 1 is 0.963 bits per heavy atom. The van der Waals surface area contributed by atoms with Crippen LogP contribution in [0.15, 0.2) is 77.7 Å². The molecule has 3 aromatic carbocycles. The van der Waals surface area contributed by atoms with Crippen molar-refractivity contribution in [2.75, 3.05) is 12.4 Å². The Morgan fingerprint density at radius 2 is 1.67 bits per heavy atom. The van der Waals surface area contributed by atoms with Crippen molar-refractivity contribution in [2.45, 2.75) is 10.7 Å². The zero-order valence-electron chi connectivity index (χ0n) is 14.5. The van der Waals surface area contributed by atoms with E-state index in [1.54, 1.807) is 43.5 Å². The van der Waals surface area contributed by atoms with Gasteiger partial charge in [0.05, 0.1) is 7.11 Å². The van der Waals surface area contributed by atoms with Crippen LogP contribution in [0.5, 0.6) is 5.75 Å². The molecule has 27 heavy (non-hydrogen) atoms. The minimum absolute atomic E-state index is 0.264. The number of ether oxygens (including phenoxy) is 1. The van der Waals surface area contributed by atoms with E-state index in [-0.39, 0.29) is 5.91 Å². The second-order valence-electron chi connectivity index (χ2n) is 5.67. The number of anilines is 1. The average Bonchev–Trinajstić information content (AvgIpc) is 2.69. The Hall–Kier alpha value is -2.86. The topological polar surface area (TPSA) is 38.3 Å². The molecule has 0 atom stereocenters. The summed E-state index contributed by atoms with van der Waals surface area (Å²) in [6, 6.07) is 21.2. The van der Waals surface area contributed by atoms with E-state index in [2.05, 4.69) is 5.32 Å². The number of nitrogens with one attached hydrogen (secondary N) is 1. The van der Waals surface area contributed by atoms with Crippen molar-refractivity contribution in [1.82, 2.24) is 0 Å². The Bertz CT molecular complexity index is 912. The van der Waals surface area contributed by atoms with Crippen LogP contribution in [0, 0.1) is 0 Å². The van der Waals surface area contributed by atoms with Crippen LogP contribution in [0.2, 0.25) is 0 Å². The summed E-state index contributed by atoms with van der Waals surface area (Å²) in [6.45, 7) is 0. The number of halogens is 2. The first-order chi connectivity index (χ1) is 13.0. The summed E-state index contributed by atoms with van der Waals surface area (Å²) in [7, 11) is 1.61. The number of hydrogen-bond donors (Lipinski definition) is 1. The highest BCUT2D eigenvalue weighted by molar-refractivity contribution is 7.99. The lowest BCUT2D eigenvalue weighted by Crippen LogP contribution is -2.11. The van der Waals surface area contributed by atoms with E-state index in [0.29, 0.717) is 27.9 Å². The van der Waals surface area contributed by atoms with E-state index >= 15 is 0 Å². The van der Waals surface area contributed by atoms with Crippen molar-refractivity contribution < 1.29 is 18.3 Å². The maximum atomic E-state index is 12.5. The van der Waals surface area contributed by atoms with E-state index < -0.39 is 5.76 Å². The zero-order chi connectivity index (χ0) is 19.2. The molecule has 1 N–H and O–H groups in total. The molecule has 3 nitrogen and oxygen atoms in total. The summed E-state index contributed by atoms with van der Waals surface area (Å²) in [5.74, 6) is -1.97. The van der Waals surface area contributed by atoms with Crippen molar-refractivity contribution in [3.05, 3.63) is 78.4 Å². The molecule has 1 amide bonds. The predicted octanol–water partition coefficient (Wildman–Crippen LogP) is 5.93. The van der Waals surface area contributed by atoms with E-state index in [1.807, 2.05) is 36.4 Å². The molecule has 0 aliphatic heterocycles. The highest BCUT2D eigenvalue weighted by Crippen LogP contribution is 2.27. The van der Waals surface area contributed by atoms with Crippen LogP contribution in [0.1, 0.15) is 10.4 Å². The van der Waals surface area contributed by atoms with Gasteiger partial charge in [-0.1, -0.05) is 36.0 Å². The SMILES string of the molecule is COc1ccc(-c2cccc(C(=O)Nc3ccc(SC(F)F)cc3)c2)cc1. The Balaban J connectivity index is 1.73. The first-order valence-electron chi connectivity index (χ1n) is 8.16. The molecule has 0 aliphatic carbocycles. The summed E-state index contributed by atoms with van der Waals surface area (Å²) in [5.41, 5.74) is 2.94. The average molecular weight is 385 g/mol. The highest BCUT2D eigenvalue weighted by atomic mass is 32.2. The summed E-state index contributed by atoms with van der Waals surface area (Å²) < 4.78 is 29.9. The molecule has 138 valence electrons. The number of thioether (sulfide) groups is 1. The van der Waals surface area contributed by atoms with E-state index in [9.17, 15) is 13.6 Å². The highest BCUT2D eigenvalue weighted by Gasteiger charge is 2.09. The van der Waals surface area contributed by atoms with Gasteiger partial charge in [-0.15, -0.1) is 0 Å². The lowest BCUT2D eigenvalue weighted by Gasteiger charge is -2.09. The molecule has 0 fully saturated rings. The van der Waals surface area contributed by atoms with Gasteiger partial charge in [0, 0.05) is 16.1 Å². The first-order valence-corrected chi connectivity index (χ1v) is 9.04. The van der Waals surface area contributed by atoms with Crippen LogP contribution in [0.3, 0.4) is 0 Å². The molecule has 0 spiro atoms. The minimum Gasteiger partial charge on any atom is -0.497 e. The Labute approximate surface area is 160 Å². The molecule has 0 heterocycles. The number of benzene rings is 3. The lowest BCUT2D eigenvalue weighted by molar-refractivity contribution is 0.102. The molecule has 6 heteroatoms. The van der Waals surface area contributed by atoms with Crippen LogP contribution < -0.4 is 10.1 Å². The minimum atomic E-state index is -2.47. The van der Waals surface area contributed by atoms with Crippen LogP contribution in [-0.4, -0.2) is 18.8 Å². The van der Waals surface area contributed by atoms with E-state index in [4.69, 9.17) is 4.74 Å². The van der Waals surface area contributed by atoms with Crippen LogP contribution in [-0.2, 0) is 0 Å². The van der Waals surface area contributed by atoms with Gasteiger partial charge in [0.2, 0.25) is 0 Å². The van der Waals surface area contributed by atoms with Crippen molar-refractivity contribution >= 4 is 23.4 Å². The fourth-order valence-electron chi connectivity index (χ4n) is 2.55. The number of amides is 1. The fourth-order valence-corrected chi connectivity index (χ4v) is 3.05. The van der Waals surface area contributed by atoms with E-state index in [1.165, 1.54) is 0 Å². The quantitative estimate of drug-likeness (QED) is 0.535. The molecule has 0 aliphatic rings. The summed E-state index contributed by atoms with van der Waals surface area (Å²) in [6.07, 6.45) is 0. The fraction of sp³-hybridized carbons (Fsp3) is 0.0952. The second kappa shape index (κ2) is 8.68. The van der Waals surface area contributed by atoms with Gasteiger partial charge in [-0.2, -0.15) is 8.78 Å². The van der Waals surface area contributed by atoms with Gasteiger partial charge in [0.15, 0.2) is 0 Å². The number of rotatable bonds is 6. The van der Waals surface area contributed by atoms with Gasteiger partial charge in [0.1, 0.15) is 5.75 Å². The Kier molecular flexibility index (Phi) is 6.08. The van der Waals surface area contributed by atoms with Crippen LogP contribution in [0.25, 0.3) is 11.1 Å². The molecule has 0 saturated heterocycles. The predicted molar refractivity (Wildman–Crippen MR) is 105 cm³/mol. The molecule has 0 saturated carbocycles. The second-order valence-corrected chi connectivity index (χ2v) is 6.73. The summed E-state index contributed by atoms with van der Waals surface area (Å²) >= 11 is 0.470. The zero-order valence-corrected chi connectivity index (χ0v) is 15.3. The number of alkyl halides is 2. The number of hydrogen-bond acceptors (Lipinski definition) is 3. The molecule has 0 radical (unpaired) electrons. The molecular weight excluding hydrogens is 368 g/mol. The monoisotopic (exact) mass is 385 g/mol. The number of carbonyl (C=O) groups is 1. The molecule has 0 aromatic heterocycles. The lowest BCUT2D eigenvalue weighted by atomic mass is 10.0. The molecular formula is C21H17F2NO2S. The summed E-state index contributed by atoms with van der Waals surface area (Å²) in [5, 5.41) is 2.78. The van der Waals surface area contributed by atoms with Crippen LogP contribution >= 0.6 is 11.8 Å². The van der Waals surface area contributed by atoms with Crippen molar-refractivity contribution in [2.24, 2.45) is 0 Å². The molecule has 3 aromatic rings. The molecule has 3 rings (SSSR count). The van der Waals surface area contributed by atoms with Crippen molar-refractivity contribution in [3.63, 3.8) is 0 Å². The molecule has 0 bridgehead atoms. The molecule has 0 unspecified atom stereocenters. The standard InChI is InChI=1S/C21H17F2NO2S/c1-26-18-9-5-14(6-10-18)15-3-2-4-16(13-15)20(25)24-17-7-11-19(12-8-17)27-21(22)23/h2-13,21H,1H3,(H,24,25). The summed E-state index contributed by atoms with van der Waals surface area (Å²) in [4.78, 5) is 13.0. The van der Waals surface area contributed by atoms with Crippen LogP contribution in [0.4, 0.5) is 14.5 Å². The largest absolute Gasteiger partial charge is 0.497 e. The van der Waals surface area contributed by atoms with Gasteiger partial charge >= 0.3 is 0 Å². The van der Waals surface area contributed by atoms with Gasteiger partial charge < -0.3 is 10.1 Å². The smallest absolute Gasteiger partial charge is 0.288 e.